The molecular formula is C12H5I3O3S. The lowest BCUT2D eigenvalue weighted by molar-refractivity contribution is 0.438. The van der Waals surface area contributed by atoms with Gasteiger partial charge in [0.1, 0.15) is 15.5 Å². The Labute approximate surface area is 151 Å². The van der Waals surface area contributed by atoms with Gasteiger partial charge in [-0.1, -0.05) is 12.1 Å². The SMILES string of the molecule is O=S1(=O)c2ccccc2Oc2c(I)cc(I)c(I)c21. The van der Waals surface area contributed by atoms with Crippen LogP contribution in [0.2, 0.25) is 0 Å². The lowest BCUT2D eigenvalue weighted by Gasteiger charge is -2.22. The Bertz CT molecular complexity index is 800. The molecule has 98 valence electrons. The highest BCUT2D eigenvalue weighted by molar-refractivity contribution is 14.1. The van der Waals surface area contributed by atoms with Crippen molar-refractivity contribution in [1.29, 1.82) is 0 Å². The molecule has 0 amide bonds. The molecule has 0 spiro atoms. The summed E-state index contributed by atoms with van der Waals surface area (Å²) in [6, 6.07) is 8.65. The Morgan fingerprint density at radius 3 is 2.42 bits per heavy atom. The van der Waals surface area contributed by atoms with Crippen LogP contribution in [-0.4, -0.2) is 8.42 Å². The molecule has 19 heavy (non-hydrogen) atoms. The second-order valence-corrected chi connectivity index (χ2v) is 9.12. The summed E-state index contributed by atoms with van der Waals surface area (Å²) >= 11 is 6.30. The molecule has 3 rings (SSSR count). The molecule has 0 bridgehead atoms. The van der Waals surface area contributed by atoms with Gasteiger partial charge < -0.3 is 4.74 Å². The van der Waals surface area contributed by atoms with Crippen LogP contribution in [-0.2, 0) is 9.84 Å². The van der Waals surface area contributed by atoms with E-state index in [4.69, 9.17) is 4.74 Å². The van der Waals surface area contributed by atoms with E-state index in [0.29, 0.717) is 15.1 Å². The van der Waals surface area contributed by atoms with E-state index in [2.05, 4.69) is 67.8 Å². The molecule has 1 aliphatic rings. The Hall–Kier alpha value is 0.380. The highest BCUT2D eigenvalue weighted by atomic mass is 127. The first kappa shape index (κ1) is 14.3. The van der Waals surface area contributed by atoms with Crippen LogP contribution in [0, 0.1) is 10.7 Å². The number of hydrogen-bond donors (Lipinski definition) is 0. The van der Waals surface area contributed by atoms with Gasteiger partial charge >= 0.3 is 0 Å². The maximum Gasteiger partial charge on any atom is 0.215 e. The molecular weight excluding hydrogens is 605 g/mol. The molecule has 0 aliphatic carbocycles. The predicted octanol–water partition coefficient (Wildman–Crippen LogP) is 4.44. The van der Waals surface area contributed by atoms with Gasteiger partial charge in [0, 0.05) is 7.14 Å². The minimum atomic E-state index is -3.52. The van der Waals surface area contributed by atoms with Crippen LogP contribution < -0.4 is 4.74 Å². The van der Waals surface area contributed by atoms with Crippen LogP contribution in [0.15, 0.2) is 40.1 Å². The van der Waals surface area contributed by atoms with Gasteiger partial charge in [-0.25, -0.2) is 8.42 Å². The summed E-state index contributed by atoms with van der Waals surface area (Å²) in [5, 5.41) is 0. The molecule has 1 aliphatic heterocycles. The zero-order valence-electron chi connectivity index (χ0n) is 9.15. The fourth-order valence-electron chi connectivity index (χ4n) is 1.87. The minimum absolute atomic E-state index is 0.234. The van der Waals surface area contributed by atoms with Crippen molar-refractivity contribution in [3.8, 4) is 11.5 Å². The number of benzene rings is 2. The van der Waals surface area contributed by atoms with Crippen LogP contribution in [0.4, 0.5) is 0 Å². The van der Waals surface area contributed by atoms with Gasteiger partial charge in [-0.15, -0.1) is 0 Å². The number of rotatable bonds is 0. The highest BCUT2D eigenvalue weighted by Crippen LogP contribution is 2.47. The van der Waals surface area contributed by atoms with Crippen LogP contribution in [0.3, 0.4) is 0 Å². The van der Waals surface area contributed by atoms with Crippen molar-refractivity contribution in [2.75, 3.05) is 0 Å². The molecule has 1 heterocycles. The van der Waals surface area contributed by atoms with Crippen molar-refractivity contribution in [2.45, 2.75) is 9.79 Å². The van der Waals surface area contributed by atoms with Gasteiger partial charge in [-0.05, 0) is 86.0 Å². The molecule has 0 atom stereocenters. The number of hydrogen-bond acceptors (Lipinski definition) is 3. The number of ether oxygens (including phenoxy) is 1. The second-order valence-electron chi connectivity index (χ2n) is 3.86. The van der Waals surface area contributed by atoms with Crippen molar-refractivity contribution < 1.29 is 13.2 Å². The van der Waals surface area contributed by atoms with Crippen LogP contribution in [0.1, 0.15) is 0 Å². The minimum Gasteiger partial charge on any atom is -0.453 e. The van der Waals surface area contributed by atoms with E-state index in [-0.39, 0.29) is 9.79 Å². The first-order valence-corrected chi connectivity index (χ1v) is 9.84. The standard InChI is InChI=1S/C12H5I3O3S/c13-6-5-7(14)11-12(10(6)15)19(16,17)9-4-2-1-3-8(9)18-11/h1-5H. The summed E-state index contributed by atoms with van der Waals surface area (Å²) < 4.78 is 33.7. The molecule has 0 saturated heterocycles. The van der Waals surface area contributed by atoms with Crippen molar-refractivity contribution in [1.82, 2.24) is 0 Å². The normalized spacial score (nSPS) is 15.3. The van der Waals surface area contributed by atoms with E-state index >= 15 is 0 Å². The van der Waals surface area contributed by atoms with Gasteiger partial charge in [-0.2, -0.15) is 0 Å². The van der Waals surface area contributed by atoms with E-state index < -0.39 is 9.84 Å². The smallest absolute Gasteiger partial charge is 0.215 e. The summed E-state index contributed by atoms with van der Waals surface area (Å²) in [5.41, 5.74) is 0. The summed E-state index contributed by atoms with van der Waals surface area (Å²) in [4.78, 5) is 0.515. The molecule has 3 nitrogen and oxygen atoms in total. The molecule has 0 aromatic heterocycles. The largest absolute Gasteiger partial charge is 0.453 e. The molecule has 2 aromatic rings. The third kappa shape index (κ3) is 2.20. The van der Waals surface area contributed by atoms with Gasteiger partial charge in [0.2, 0.25) is 9.84 Å². The van der Waals surface area contributed by atoms with Crippen LogP contribution in [0.5, 0.6) is 11.5 Å². The summed E-state index contributed by atoms with van der Waals surface area (Å²) in [5.74, 6) is 0.828. The fourth-order valence-corrected chi connectivity index (χ4v) is 6.97. The van der Waals surface area contributed by atoms with Crippen LogP contribution >= 0.6 is 67.8 Å². The average molecular weight is 610 g/mol. The number of sulfone groups is 1. The fraction of sp³-hybridized carbons (Fsp3) is 0. The Morgan fingerprint density at radius 2 is 1.68 bits per heavy atom. The number of fused-ring (bicyclic) bond motifs is 2. The molecule has 0 fully saturated rings. The first-order chi connectivity index (χ1) is 8.93. The summed E-state index contributed by atoms with van der Waals surface area (Å²) in [6.07, 6.45) is 0. The zero-order chi connectivity index (χ0) is 13.8. The highest BCUT2D eigenvalue weighted by Gasteiger charge is 2.35. The Morgan fingerprint density at radius 1 is 1.00 bits per heavy atom. The van der Waals surface area contributed by atoms with Gasteiger partial charge in [0.25, 0.3) is 0 Å². The molecule has 0 N–H and O–H groups in total. The van der Waals surface area contributed by atoms with Gasteiger partial charge in [0.05, 0.1) is 3.57 Å². The van der Waals surface area contributed by atoms with Crippen molar-refractivity contribution in [2.24, 2.45) is 0 Å². The Balaban J connectivity index is 2.45. The van der Waals surface area contributed by atoms with E-state index in [1.807, 2.05) is 6.07 Å². The lowest BCUT2D eigenvalue weighted by Crippen LogP contribution is -2.14. The zero-order valence-corrected chi connectivity index (χ0v) is 16.4. The summed E-state index contributed by atoms with van der Waals surface area (Å²) in [6.45, 7) is 0. The Kier molecular flexibility index (Phi) is 3.76. The summed E-state index contributed by atoms with van der Waals surface area (Å²) in [7, 11) is -3.52. The topological polar surface area (TPSA) is 43.4 Å². The average Bonchev–Trinajstić information content (AvgIpc) is 2.35. The maximum atomic E-state index is 12.7. The second kappa shape index (κ2) is 4.98. The maximum absolute atomic E-state index is 12.7. The van der Waals surface area contributed by atoms with Gasteiger partial charge in [-0.3, -0.25) is 0 Å². The van der Waals surface area contributed by atoms with Crippen LogP contribution in [0.25, 0.3) is 0 Å². The van der Waals surface area contributed by atoms with E-state index in [0.717, 1.165) is 7.14 Å². The van der Waals surface area contributed by atoms with E-state index in [9.17, 15) is 8.42 Å². The van der Waals surface area contributed by atoms with Crippen molar-refractivity contribution in [3.05, 3.63) is 41.0 Å². The number of para-hydroxylation sites is 1. The third-order valence-corrected chi connectivity index (χ3v) is 8.72. The van der Waals surface area contributed by atoms with E-state index in [1.165, 1.54) is 0 Å². The molecule has 0 unspecified atom stereocenters. The molecule has 0 saturated carbocycles. The number of halogens is 3. The van der Waals surface area contributed by atoms with Crippen molar-refractivity contribution >= 4 is 77.6 Å². The first-order valence-electron chi connectivity index (χ1n) is 5.12. The van der Waals surface area contributed by atoms with Crippen molar-refractivity contribution in [3.63, 3.8) is 0 Å². The molecule has 7 heteroatoms. The molecule has 0 radical (unpaired) electrons. The quantitative estimate of drug-likeness (QED) is 0.280. The third-order valence-electron chi connectivity index (χ3n) is 2.71. The van der Waals surface area contributed by atoms with E-state index in [1.54, 1.807) is 24.3 Å². The lowest BCUT2D eigenvalue weighted by atomic mass is 10.3. The predicted molar refractivity (Wildman–Crippen MR) is 96.6 cm³/mol. The van der Waals surface area contributed by atoms with Gasteiger partial charge in [0.15, 0.2) is 5.75 Å². The molecule has 2 aromatic carbocycles. The monoisotopic (exact) mass is 610 g/mol.